The zero-order valence-corrected chi connectivity index (χ0v) is 17.4. The minimum atomic E-state index is -0.480. The predicted octanol–water partition coefficient (Wildman–Crippen LogP) is 3.57. The molecule has 1 saturated heterocycles. The third-order valence-corrected chi connectivity index (χ3v) is 4.63. The molecule has 152 valence electrons. The fourth-order valence-electron chi connectivity index (χ4n) is 2.60. The zero-order valence-electron chi connectivity index (χ0n) is 15.8. The molecule has 0 spiro atoms. The van der Waals surface area contributed by atoms with E-state index in [0.717, 1.165) is 0 Å². The van der Waals surface area contributed by atoms with Gasteiger partial charge in [0.1, 0.15) is 0 Å². The number of nitrogens with one attached hydrogen (secondary N) is 3. The van der Waals surface area contributed by atoms with Crippen LogP contribution in [0.15, 0.2) is 40.3 Å². The van der Waals surface area contributed by atoms with Crippen molar-refractivity contribution in [2.75, 3.05) is 12.1 Å². The fraction of sp³-hybridized carbons (Fsp3) is 0.222. The largest absolute Gasteiger partial charge is 0.434 e. The Hall–Kier alpha value is -3.04. The quantitative estimate of drug-likeness (QED) is 0.677. The summed E-state index contributed by atoms with van der Waals surface area (Å²) in [6.45, 7) is 7.46. The van der Waals surface area contributed by atoms with E-state index >= 15 is 0 Å². The van der Waals surface area contributed by atoms with Crippen LogP contribution in [-0.2, 0) is 0 Å². The lowest BCUT2D eigenvalue weighted by Crippen LogP contribution is -2.58. The molecule has 1 aromatic heterocycles. The zero-order chi connectivity index (χ0) is 21.3. The molecule has 0 saturated carbocycles. The number of urea groups is 1. The molecule has 0 radical (unpaired) electrons. The maximum atomic E-state index is 12.3. The van der Waals surface area contributed by atoms with E-state index in [9.17, 15) is 9.59 Å². The maximum absolute atomic E-state index is 12.3. The smallest absolute Gasteiger partial charge is 0.345 e. The first-order chi connectivity index (χ1) is 13.7. The van der Waals surface area contributed by atoms with Crippen LogP contribution in [0.1, 0.15) is 25.3 Å². The third kappa shape index (κ3) is 4.20. The highest BCUT2D eigenvalue weighted by Gasteiger charge is 2.27. The Morgan fingerprint density at radius 2 is 1.86 bits per heavy atom. The van der Waals surface area contributed by atoms with Gasteiger partial charge in [0.05, 0.1) is 21.4 Å². The van der Waals surface area contributed by atoms with E-state index in [1.54, 1.807) is 7.05 Å². The van der Waals surface area contributed by atoms with E-state index in [0.29, 0.717) is 22.8 Å². The number of nitrogens with zero attached hydrogens (tertiary/aromatic N) is 3. The Morgan fingerprint density at radius 3 is 2.45 bits per heavy atom. The number of amidine groups is 1. The predicted molar refractivity (Wildman–Crippen MR) is 112 cm³/mol. The Labute approximate surface area is 176 Å². The van der Waals surface area contributed by atoms with E-state index in [4.69, 9.17) is 27.9 Å². The molecule has 1 fully saturated rings. The summed E-state index contributed by atoms with van der Waals surface area (Å²) in [5, 5.41) is 10.3. The van der Waals surface area contributed by atoms with E-state index in [-0.39, 0.29) is 33.2 Å². The summed E-state index contributed by atoms with van der Waals surface area (Å²) in [5.41, 5.74) is 3.75. The lowest BCUT2D eigenvalue weighted by Gasteiger charge is -2.31. The number of aliphatic imine (C=N–C) groups is 1. The number of carbonyl (C=O) groups excluding carboxylic acids is 1. The molecule has 11 heteroatoms. The van der Waals surface area contributed by atoms with Crippen molar-refractivity contribution < 1.29 is 9.53 Å². The number of halogens is 2. The van der Waals surface area contributed by atoms with E-state index in [1.807, 2.05) is 13.8 Å². The van der Waals surface area contributed by atoms with Gasteiger partial charge in [0.2, 0.25) is 5.88 Å². The van der Waals surface area contributed by atoms with Crippen LogP contribution in [0.3, 0.4) is 0 Å². The molecule has 9 nitrogen and oxygen atoms in total. The SMILES string of the molecule is C=C1NC(=O)N(c2cc(Cl)c(Oc3cc(C(C)C)c(=O)[nH]n3)c(Cl)c2)NC1=NC. The van der Waals surface area contributed by atoms with Crippen LogP contribution in [0.4, 0.5) is 10.5 Å². The second-order valence-electron chi connectivity index (χ2n) is 6.41. The summed E-state index contributed by atoms with van der Waals surface area (Å²) in [6, 6.07) is 4.03. The highest BCUT2D eigenvalue weighted by atomic mass is 35.5. The first-order valence-electron chi connectivity index (χ1n) is 8.51. The topological polar surface area (TPSA) is 112 Å². The van der Waals surface area contributed by atoms with Crippen LogP contribution < -0.4 is 26.0 Å². The number of amides is 2. The highest BCUT2D eigenvalue weighted by molar-refractivity contribution is 6.37. The molecular weight excluding hydrogens is 419 g/mol. The summed E-state index contributed by atoms with van der Waals surface area (Å²) in [4.78, 5) is 28.1. The van der Waals surface area contributed by atoms with Crippen molar-refractivity contribution in [3.8, 4) is 11.6 Å². The molecule has 1 aromatic carbocycles. The van der Waals surface area contributed by atoms with Gasteiger partial charge >= 0.3 is 6.03 Å². The van der Waals surface area contributed by atoms with Gasteiger partial charge in [0.25, 0.3) is 5.56 Å². The Morgan fingerprint density at radius 1 is 1.21 bits per heavy atom. The molecule has 0 aliphatic carbocycles. The van der Waals surface area contributed by atoms with Crippen molar-refractivity contribution in [1.29, 1.82) is 0 Å². The Kier molecular flexibility index (Phi) is 5.81. The molecule has 0 atom stereocenters. The van der Waals surface area contributed by atoms with Crippen molar-refractivity contribution in [2.24, 2.45) is 4.99 Å². The molecule has 1 aliphatic heterocycles. The van der Waals surface area contributed by atoms with Crippen LogP contribution in [0.2, 0.25) is 10.0 Å². The van der Waals surface area contributed by atoms with Crippen LogP contribution in [0.25, 0.3) is 0 Å². The van der Waals surface area contributed by atoms with E-state index < -0.39 is 6.03 Å². The Bertz CT molecular complexity index is 1060. The third-order valence-electron chi connectivity index (χ3n) is 4.07. The van der Waals surface area contributed by atoms with Gasteiger partial charge in [0, 0.05) is 18.7 Å². The highest BCUT2D eigenvalue weighted by Crippen LogP contribution is 2.39. The van der Waals surface area contributed by atoms with Gasteiger partial charge in [-0.2, -0.15) is 0 Å². The summed E-state index contributed by atoms with van der Waals surface area (Å²) in [5.74, 6) is 0.633. The van der Waals surface area contributed by atoms with Gasteiger partial charge in [0.15, 0.2) is 11.6 Å². The number of carbonyl (C=O) groups is 1. The molecule has 29 heavy (non-hydrogen) atoms. The Balaban J connectivity index is 1.92. The maximum Gasteiger partial charge on any atom is 0.345 e. The average Bonchev–Trinajstić information content (AvgIpc) is 2.65. The van der Waals surface area contributed by atoms with E-state index in [2.05, 4.69) is 32.5 Å². The molecule has 2 heterocycles. The van der Waals surface area contributed by atoms with Crippen molar-refractivity contribution in [3.63, 3.8) is 0 Å². The van der Waals surface area contributed by atoms with Crippen molar-refractivity contribution in [1.82, 2.24) is 20.9 Å². The van der Waals surface area contributed by atoms with Gasteiger partial charge in [-0.05, 0) is 18.1 Å². The second kappa shape index (κ2) is 8.14. The number of aromatic nitrogens is 2. The lowest BCUT2D eigenvalue weighted by molar-refractivity contribution is 0.246. The van der Waals surface area contributed by atoms with E-state index in [1.165, 1.54) is 23.2 Å². The molecule has 0 bridgehead atoms. The number of benzene rings is 1. The number of hydrogen-bond donors (Lipinski definition) is 3. The van der Waals surface area contributed by atoms with Gasteiger partial charge in [-0.25, -0.2) is 14.9 Å². The molecule has 2 amide bonds. The van der Waals surface area contributed by atoms with Crippen molar-refractivity contribution in [2.45, 2.75) is 19.8 Å². The summed E-state index contributed by atoms with van der Waals surface area (Å²) < 4.78 is 5.69. The normalized spacial score (nSPS) is 15.5. The number of aromatic amines is 1. The lowest BCUT2D eigenvalue weighted by atomic mass is 10.1. The van der Waals surface area contributed by atoms with Crippen LogP contribution >= 0.6 is 23.2 Å². The molecule has 3 N–H and O–H groups in total. The minimum Gasteiger partial charge on any atom is -0.434 e. The number of hydrogen-bond acceptors (Lipinski definition) is 5. The molecule has 0 unspecified atom stereocenters. The molecule has 2 aromatic rings. The number of rotatable bonds is 4. The minimum absolute atomic E-state index is 0.0229. The summed E-state index contributed by atoms with van der Waals surface area (Å²) in [7, 11) is 1.56. The number of ether oxygens (including phenoxy) is 1. The number of hydrazine groups is 1. The van der Waals surface area contributed by atoms with Gasteiger partial charge in [-0.15, -0.1) is 5.10 Å². The standard InChI is InChI=1S/C18H18Cl2N6O3/c1-8(2)11-7-14(23-24-17(11)27)29-15-12(19)5-10(6-13(15)20)26-18(28)22-9(3)16(21-4)25-26/h5-8H,3H2,1-2,4H3,(H,21,25)(H,22,28)(H,24,27). The molecule has 3 rings (SSSR count). The van der Waals surface area contributed by atoms with Crippen molar-refractivity contribution in [3.05, 3.63) is 56.4 Å². The van der Waals surface area contributed by atoms with Crippen LogP contribution in [0.5, 0.6) is 11.6 Å². The second-order valence-corrected chi connectivity index (χ2v) is 7.23. The summed E-state index contributed by atoms with van der Waals surface area (Å²) >= 11 is 12.7. The molecular formula is C18H18Cl2N6O3. The molecule has 1 aliphatic rings. The van der Waals surface area contributed by atoms with Crippen LogP contribution in [-0.4, -0.2) is 29.1 Å². The average molecular weight is 437 g/mol. The van der Waals surface area contributed by atoms with Gasteiger partial charge < -0.3 is 10.1 Å². The first kappa shape index (κ1) is 20.7. The summed E-state index contributed by atoms with van der Waals surface area (Å²) in [6.07, 6.45) is 0. The van der Waals surface area contributed by atoms with Gasteiger partial charge in [-0.1, -0.05) is 43.6 Å². The number of H-pyrrole nitrogens is 1. The first-order valence-corrected chi connectivity index (χ1v) is 9.27. The van der Waals surface area contributed by atoms with Gasteiger partial charge in [-0.3, -0.25) is 15.2 Å². The monoisotopic (exact) mass is 436 g/mol. The number of anilines is 1. The van der Waals surface area contributed by atoms with Crippen molar-refractivity contribution >= 4 is 40.8 Å². The fourth-order valence-corrected chi connectivity index (χ4v) is 3.15. The van der Waals surface area contributed by atoms with Crippen LogP contribution in [0, 0.1) is 0 Å².